The molecule has 0 heteroatoms. The predicted molar refractivity (Wildman–Crippen MR) is 216 cm³/mol. The third-order valence-corrected chi connectivity index (χ3v) is 10.4. The Morgan fingerprint density at radius 2 is 0.600 bits per heavy atom. The minimum absolute atomic E-state index is 1.22. The van der Waals surface area contributed by atoms with E-state index in [2.05, 4.69) is 194 Å². The van der Waals surface area contributed by atoms with Crippen molar-refractivity contribution in [3.05, 3.63) is 194 Å². The number of hydrogen-bond acceptors (Lipinski definition) is 0. The molecule has 0 spiro atoms. The van der Waals surface area contributed by atoms with Gasteiger partial charge in [-0.2, -0.15) is 0 Å². The van der Waals surface area contributed by atoms with E-state index < -0.39 is 0 Å². The highest BCUT2D eigenvalue weighted by molar-refractivity contribution is 6.21. The highest BCUT2D eigenvalue weighted by atomic mass is 14.2. The van der Waals surface area contributed by atoms with E-state index in [0.29, 0.717) is 0 Å². The zero-order chi connectivity index (χ0) is 33.0. The second kappa shape index (κ2) is 11.6. The molecule has 0 saturated heterocycles. The lowest BCUT2D eigenvalue weighted by atomic mass is 9.85. The van der Waals surface area contributed by atoms with E-state index >= 15 is 0 Å². The summed E-state index contributed by atoms with van der Waals surface area (Å²) in [5, 5.41) is 12.7. The van der Waals surface area contributed by atoms with Gasteiger partial charge in [-0.1, -0.05) is 176 Å². The molecule has 0 aliphatic rings. The van der Waals surface area contributed by atoms with Gasteiger partial charge >= 0.3 is 0 Å². The standard InChI is InChI=1S/C50H32/c1-2-12-38-30-40(28-22-33(38)10-1)39-13-9-14-42(31-39)50-46-18-7-5-16-44(46)49(45-17-6-8-19-47(45)50)37-26-20-34(21-27-37)41-29-25-36-24-23-35-11-3-4-15-43(35)48(36)32-41/h1-32H. The molecule has 0 amide bonds. The summed E-state index contributed by atoms with van der Waals surface area (Å²) in [6, 6.07) is 71.4. The average Bonchev–Trinajstić information content (AvgIpc) is 3.19. The summed E-state index contributed by atoms with van der Waals surface area (Å²) >= 11 is 0. The van der Waals surface area contributed by atoms with E-state index in [1.54, 1.807) is 0 Å². The molecule has 0 atom stereocenters. The van der Waals surface area contributed by atoms with E-state index in [-0.39, 0.29) is 0 Å². The first-order valence-electron chi connectivity index (χ1n) is 17.3. The van der Waals surface area contributed by atoms with Crippen molar-refractivity contribution in [3.63, 3.8) is 0 Å². The Morgan fingerprint density at radius 1 is 0.180 bits per heavy atom. The average molecular weight is 633 g/mol. The van der Waals surface area contributed by atoms with Crippen molar-refractivity contribution in [2.24, 2.45) is 0 Å². The highest BCUT2D eigenvalue weighted by Gasteiger charge is 2.17. The van der Waals surface area contributed by atoms with Crippen LogP contribution in [-0.4, -0.2) is 0 Å². The molecule has 232 valence electrons. The molecule has 0 nitrogen and oxygen atoms in total. The van der Waals surface area contributed by atoms with Crippen LogP contribution in [0.4, 0.5) is 0 Å². The third-order valence-electron chi connectivity index (χ3n) is 10.4. The minimum Gasteiger partial charge on any atom is -0.0616 e. The van der Waals surface area contributed by atoms with Crippen LogP contribution >= 0.6 is 0 Å². The summed E-state index contributed by atoms with van der Waals surface area (Å²) in [6.45, 7) is 0. The van der Waals surface area contributed by atoms with Gasteiger partial charge in [-0.05, 0) is 117 Å². The molecular formula is C50H32. The number of benzene rings is 10. The fraction of sp³-hybridized carbons (Fsp3) is 0. The maximum atomic E-state index is 2.36. The van der Waals surface area contributed by atoms with Gasteiger partial charge in [0.15, 0.2) is 0 Å². The highest BCUT2D eigenvalue weighted by Crippen LogP contribution is 2.44. The van der Waals surface area contributed by atoms with Crippen LogP contribution in [0.5, 0.6) is 0 Å². The molecule has 0 aliphatic heterocycles. The van der Waals surface area contributed by atoms with Crippen LogP contribution in [0.1, 0.15) is 0 Å². The van der Waals surface area contributed by atoms with Crippen molar-refractivity contribution in [1.82, 2.24) is 0 Å². The molecule has 0 unspecified atom stereocenters. The second-order valence-corrected chi connectivity index (χ2v) is 13.3. The minimum atomic E-state index is 1.22. The quantitative estimate of drug-likeness (QED) is 0.134. The van der Waals surface area contributed by atoms with Gasteiger partial charge in [-0.25, -0.2) is 0 Å². The molecule has 0 fully saturated rings. The Bertz CT molecular complexity index is 2850. The molecule has 0 N–H and O–H groups in total. The fourth-order valence-corrected chi connectivity index (χ4v) is 7.98. The maximum absolute atomic E-state index is 2.36. The molecule has 0 bridgehead atoms. The van der Waals surface area contributed by atoms with E-state index in [1.165, 1.54) is 98.4 Å². The van der Waals surface area contributed by atoms with Gasteiger partial charge in [0, 0.05) is 0 Å². The molecule has 50 heavy (non-hydrogen) atoms. The van der Waals surface area contributed by atoms with Crippen molar-refractivity contribution >= 4 is 53.9 Å². The smallest absolute Gasteiger partial charge is 0.00262 e. The van der Waals surface area contributed by atoms with Gasteiger partial charge in [0.1, 0.15) is 0 Å². The monoisotopic (exact) mass is 632 g/mol. The maximum Gasteiger partial charge on any atom is -0.00262 e. The van der Waals surface area contributed by atoms with Crippen molar-refractivity contribution in [2.45, 2.75) is 0 Å². The first-order chi connectivity index (χ1) is 24.8. The van der Waals surface area contributed by atoms with Crippen LogP contribution in [0.2, 0.25) is 0 Å². The van der Waals surface area contributed by atoms with Crippen LogP contribution in [-0.2, 0) is 0 Å². The Balaban J connectivity index is 1.11. The SMILES string of the molecule is c1cc(-c2ccc3ccccc3c2)cc(-c2c3ccccc3c(-c3ccc(-c4ccc5ccc6ccccc6c5c4)cc3)c3ccccc23)c1. The summed E-state index contributed by atoms with van der Waals surface area (Å²) in [7, 11) is 0. The Hall–Kier alpha value is -6.50. The van der Waals surface area contributed by atoms with E-state index in [0.717, 1.165) is 0 Å². The molecule has 0 aromatic heterocycles. The van der Waals surface area contributed by atoms with Crippen molar-refractivity contribution in [3.8, 4) is 44.5 Å². The largest absolute Gasteiger partial charge is 0.0616 e. The van der Waals surface area contributed by atoms with Crippen molar-refractivity contribution < 1.29 is 0 Å². The Morgan fingerprint density at radius 3 is 1.28 bits per heavy atom. The molecule has 10 aromatic carbocycles. The number of fused-ring (bicyclic) bond motifs is 6. The van der Waals surface area contributed by atoms with Crippen LogP contribution < -0.4 is 0 Å². The van der Waals surface area contributed by atoms with Crippen LogP contribution in [0.3, 0.4) is 0 Å². The van der Waals surface area contributed by atoms with Crippen LogP contribution in [0, 0.1) is 0 Å². The predicted octanol–water partition coefficient (Wildman–Crippen LogP) is 14.1. The second-order valence-electron chi connectivity index (χ2n) is 13.3. The molecule has 0 radical (unpaired) electrons. The third kappa shape index (κ3) is 4.69. The number of rotatable bonds is 4. The normalized spacial score (nSPS) is 11.6. The van der Waals surface area contributed by atoms with Crippen LogP contribution in [0.15, 0.2) is 194 Å². The lowest BCUT2D eigenvalue weighted by Crippen LogP contribution is -1.91. The Labute approximate surface area is 291 Å². The fourth-order valence-electron chi connectivity index (χ4n) is 7.98. The van der Waals surface area contributed by atoms with Gasteiger partial charge in [0.2, 0.25) is 0 Å². The molecule has 10 rings (SSSR count). The van der Waals surface area contributed by atoms with Crippen molar-refractivity contribution in [2.75, 3.05) is 0 Å². The molecule has 0 aliphatic carbocycles. The summed E-state index contributed by atoms with van der Waals surface area (Å²) in [6.07, 6.45) is 0. The van der Waals surface area contributed by atoms with Crippen LogP contribution in [0.25, 0.3) is 98.4 Å². The van der Waals surface area contributed by atoms with E-state index in [4.69, 9.17) is 0 Å². The first kappa shape index (κ1) is 28.5. The topological polar surface area (TPSA) is 0 Å². The summed E-state index contributed by atoms with van der Waals surface area (Å²) in [5.41, 5.74) is 9.93. The zero-order valence-electron chi connectivity index (χ0n) is 27.5. The van der Waals surface area contributed by atoms with E-state index in [1.807, 2.05) is 0 Å². The summed E-state index contributed by atoms with van der Waals surface area (Å²) < 4.78 is 0. The van der Waals surface area contributed by atoms with Gasteiger partial charge in [-0.3, -0.25) is 0 Å². The lowest BCUT2D eigenvalue weighted by molar-refractivity contribution is 1.62. The summed E-state index contributed by atoms with van der Waals surface area (Å²) in [5.74, 6) is 0. The van der Waals surface area contributed by atoms with Gasteiger partial charge in [0.25, 0.3) is 0 Å². The molecule has 0 heterocycles. The first-order valence-corrected chi connectivity index (χ1v) is 17.3. The number of hydrogen-bond donors (Lipinski definition) is 0. The molecular weight excluding hydrogens is 601 g/mol. The Kier molecular flexibility index (Phi) is 6.60. The lowest BCUT2D eigenvalue weighted by Gasteiger charge is -2.18. The zero-order valence-corrected chi connectivity index (χ0v) is 27.5. The molecule has 0 saturated carbocycles. The van der Waals surface area contributed by atoms with Gasteiger partial charge in [-0.15, -0.1) is 0 Å². The van der Waals surface area contributed by atoms with Crippen molar-refractivity contribution in [1.29, 1.82) is 0 Å². The van der Waals surface area contributed by atoms with Gasteiger partial charge < -0.3 is 0 Å². The van der Waals surface area contributed by atoms with E-state index in [9.17, 15) is 0 Å². The summed E-state index contributed by atoms with van der Waals surface area (Å²) in [4.78, 5) is 0. The molecule has 10 aromatic rings. The van der Waals surface area contributed by atoms with Gasteiger partial charge in [0.05, 0.1) is 0 Å².